The Hall–Kier alpha value is -0.390. The van der Waals surface area contributed by atoms with E-state index in [-0.39, 0.29) is 5.91 Å². The van der Waals surface area contributed by atoms with Crippen LogP contribution in [-0.4, -0.2) is 25.0 Å². The lowest BCUT2D eigenvalue weighted by molar-refractivity contribution is 0.0953. The third kappa shape index (κ3) is 3.30. The molecule has 1 aliphatic heterocycles. The van der Waals surface area contributed by atoms with Crippen LogP contribution in [0.15, 0.2) is 15.2 Å². The molecule has 88 valence electrons. The van der Waals surface area contributed by atoms with Crippen molar-refractivity contribution in [2.75, 3.05) is 13.1 Å². The Kier molecular flexibility index (Phi) is 4.37. The summed E-state index contributed by atoms with van der Waals surface area (Å²) in [6, 6.07) is 2.45. The zero-order chi connectivity index (χ0) is 11.4. The zero-order valence-corrected chi connectivity index (χ0v) is 11.4. The van der Waals surface area contributed by atoms with Gasteiger partial charge in [-0.25, -0.2) is 0 Å². The molecule has 2 N–H and O–H groups in total. The van der Waals surface area contributed by atoms with Gasteiger partial charge in [0, 0.05) is 18.0 Å². The summed E-state index contributed by atoms with van der Waals surface area (Å²) in [5.74, 6) is 0.0277. The number of hydrogen-bond donors (Lipinski definition) is 2. The monoisotopic (exact) mass is 302 g/mol. The Labute approximate surface area is 108 Å². The number of thiophene rings is 1. The molecule has 3 nitrogen and oxygen atoms in total. The normalized spacial score (nSPS) is 19.9. The molecule has 1 fully saturated rings. The lowest BCUT2D eigenvalue weighted by atomic mass is 10.1. The fraction of sp³-hybridized carbons (Fsp3) is 0.545. The maximum absolute atomic E-state index is 11.7. The van der Waals surface area contributed by atoms with Crippen molar-refractivity contribution in [3.8, 4) is 0 Å². The first-order chi connectivity index (χ1) is 7.75. The molecule has 5 heteroatoms. The van der Waals surface area contributed by atoms with Crippen molar-refractivity contribution in [1.82, 2.24) is 10.6 Å². The number of carbonyl (C=O) groups excluding carboxylic acids is 1. The van der Waals surface area contributed by atoms with E-state index in [1.165, 1.54) is 24.2 Å². The fourth-order valence-electron chi connectivity index (χ4n) is 1.89. The average Bonchev–Trinajstić information content (AvgIpc) is 2.89. The van der Waals surface area contributed by atoms with Crippen molar-refractivity contribution in [2.24, 2.45) is 0 Å². The number of amides is 1. The third-order valence-electron chi connectivity index (χ3n) is 2.77. The number of nitrogens with one attached hydrogen (secondary N) is 2. The molecular weight excluding hydrogens is 288 g/mol. The van der Waals surface area contributed by atoms with E-state index >= 15 is 0 Å². The quantitative estimate of drug-likeness (QED) is 0.896. The molecule has 0 bridgehead atoms. The van der Waals surface area contributed by atoms with Crippen LogP contribution in [0.1, 0.15) is 29.6 Å². The molecule has 2 rings (SSSR count). The Bertz CT molecular complexity index is 361. The third-order valence-corrected chi connectivity index (χ3v) is 4.27. The number of hydrogen-bond acceptors (Lipinski definition) is 3. The number of rotatable bonds is 4. The van der Waals surface area contributed by atoms with Crippen molar-refractivity contribution in [3.63, 3.8) is 0 Å². The van der Waals surface area contributed by atoms with Crippen LogP contribution in [0.2, 0.25) is 0 Å². The van der Waals surface area contributed by atoms with Crippen LogP contribution >= 0.6 is 27.3 Å². The highest BCUT2D eigenvalue weighted by Crippen LogP contribution is 2.20. The van der Waals surface area contributed by atoms with E-state index in [4.69, 9.17) is 0 Å². The van der Waals surface area contributed by atoms with Gasteiger partial charge in [0.15, 0.2) is 0 Å². The highest BCUT2D eigenvalue weighted by Gasteiger charge is 2.14. The molecule has 16 heavy (non-hydrogen) atoms. The minimum Gasteiger partial charge on any atom is -0.352 e. The summed E-state index contributed by atoms with van der Waals surface area (Å²) in [5, 5.41) is 8.23. The lowest BCUT2D eigenvalue weighted by Gasteiger charge is -2.10. The minimum atomic E-state index is 0.0277. The van der Waals surface area contributed by atoms with E-state index in [9.17, 15) is 4.79 Å². The van der Waals surface area contributed by atoms with Crippen LogP contribution in [0.5, 0.6) is 0 Å². The highest BCUT2D eigenvalue weighted by molar-refractivity contribution is 9.11. The maximum Gasteiger partial charge on any atom is 0.252 e. The van der Waals surface area contributed by atoms with E-state index in [1.54, 1.807) is 0 Å². The molecule has 1 aromatic heterocycles. The van der Waals surface area contributed by atoms with Crippen LogP contribution in [0.4, 0.5) is 0 Å². The van der Waals surface area contributed by atoms with E-state index in [1.807, 2.05) is 11.4 Å². The van der Waals surface area contributed by atoms with Gasteiger partial charge in [-0.2, -0.15) is 0 Å². The smallest absolute Gasteiger partial charge is 0.252 e. The summed E-state index contributed by atoms with van der Waals surface area (Å²) < 4.78 is 0.995. The van der Waals surface area contributed by atoms with Crippen molar-refractivity contribution in [3.05, 3.63) is 20.8 Å². The summed E-state index contributed by atoms with van der Waals surface area (Å²) >= 11 is 4.89. The molecule has 1 atom stereocenters. The van der Waals surface area contributed by atoms with Gasteiger partial charge in [0.2, 0.25) is 0 Å². The number of carbonyl (C=O) groups is 1. The van der Waals surface area contributed by atoms with Gasteiger partial charge in [0.25, 0.3) is 5.91 Å². The van der Waals surface area contributed by atoms with Gasteiger partial charge in [-0.1, -0.05) is 0 Å². The Balaban J connectivity index is 1.71. The first kappa shape index (κ1) is 12.1. The molecule has 1 saturated heterocycles. The maximum atomic E-state index is 11.7. The molecule has 0 radical (unpaired) electrons. The van der Waals surface area contributed by atoms with Crippen molar-refractivity contribution in [2.45, 2.75) is 25.3 Å². The molecule has 0 saturated carbocycles. The second kappa shape index (κ2) is 5.80. The number of halogens is 1. The van der Waals surface area contributed by atoms with Gasteiger partial charge in [-0.15, -0.1) is 11.3 Å². The molecule has 0 aromatic carbocycles. The molecule has 0 aliphatic carbocycles. The standard InChI is InChI=1S/C11H15BrN2OS/c12-10-6-8(7-16-10)11(15)14-5-3-9-2-1-4-13-9/h6-7,9,13H,1-5H2,(H,14,15)/t9-/m0/s1. The molecule has 1 aliphatic rings. The van der Waals surface area contributed by atoms with Crippen LogP contribution in [-0.2, 0) is 0 Å². The molecular formula is C11H15BrN2OS. The first-order valence-electron chi connectivity index (χ1n) is 5.51. The zero-order valence-electron chi connectivity index (χ0n) is 8.96. The van der Waals surface area contributed by atoms with Gasteiger partial charge in [0.05, 0.1) is 9.35 Å². The van der Waals surface area contributed by atoms with Gasteiger partial charge in [0.1, 0.15) is 0 Å². The average molecular weight is 303 g/mol. The largest absolute Gasteiger partial charge is 0.352 e. The van der Waals surface area contributed by atoms with E-state index in [0.717, 1.165) is 28.9 Å². The van der Waals surface area contributed by atoms with Crippen LogP contribution in [0, 0.1) is 0 Å². The molecule has 0 unspecified atom stereocenters. The molecule has 0 spiro atoms. The Morgan fingerprint density at radius 3 is 3.19 bits per heavy atom. The van der Waals surface area contributed by atoms with E-state index in [0.29, 0.717) is 6.04 Å². The van der Waals surface area contributed by atoms with Gasteiger partial charge in [-0.3, -0.25) is 4.79 Å². The summed E-state index contributed by atoms with van der Waals surface area (Å²) in [6.07, 6.45) is 3.52. The van der Waals surface area contributed by atoms with Crippen LogP contribution in [0.3, 0.4) is 0 Å². The van der Waals surface area contributed by atoms with Crippen molar-refractivity contribution in [1.29, 1.82) is 0 Å². The molecule has 1 aromatic rings. The summed E-state index contributed by atoms with van der Waals surface area (Å²) in [5.41, 5.74) is 0.747. The second-order valence-electron chi connectivity index (χ2n) is 3.98. The Morgan fingerprint density at radius 2 is 2.56 bits per heavy atom. The predicted octanol–water partition coefficient (Wildman–Crippen LogP) is 2.38. The minimum absolute atomic E-state index is 0.0277. The molecule has 1 amide bonds. The lowest BCUT2D eigenvalue weighted by Crippen LogP contribution is -2.30. The summed E-state index contributed by atoms with van der Waals surface area (Å²) in [7, 11) is 0. The van der Waals surface area contributed by atoms with Crippen molar-refractivity contribution >= 4 is 33.2 Å². The van der Waals surface area contributed by atoms with Crippen LogP contribution in [0.25, 0.3) is 0 Å². The summed E-state index contributed by atoms with van der Waals surface area (Å²) in [4.78, 5) is 11.7. The predicted molar refractivity (Wildman–Crippen MR) is 70.0 cm³/mol. The van der Waals surface area contributed by atoms with E-state index in [2.05, 4.69) is 26.6 Å². The fourth-order valence-corrected chi connectivity index (χ4v) is 3.03. The van der Waals surface area contributed by atoms with Crippen LogP contribution < -0.4 is 10.6 Å². The topological polar surface area (TPSA) is 41.1 Å². The second-order valence-corrected chi connectivity index (χ2v) is 6.27. The van der Waals surface area contributed by atoms with Gasteiger partial charge < -0.3 is 10.6 Å². The van der Waals surface area contributed by atoms with Gasteiger partial charge >= 0.3 is 0 Å². The highest BCUT2D eigenvalue weighted by atomic mass is 79.9. The van der Waals surface area contributed by atoms with E-state index < -0.39 is 0 Å². The van der Waals surface area contributed by atoms with Gasteiger partial charge in [-0.05, 0) is 47.8 Å². The molecule has 2 heterocycles. The Morgan fingerprint density at radius 1 is 1.69 bits per heavy atom. The van der Waals surface area contributed by atoms with Crippen molar-refractivity contribution < 1.29 is 4.79 Å². The SMILES string of the molecule is O=C(NCC[C@@H]1CCCN1)c1csc(Br)c1. The first-order valence-corrected chi connectivity index (χ1v) is 7.18. The summed E-state index contributed by atoms with van der Waals surface area (Å²) in [6.45, 7) is 1.88.